The van der Waals surface area contributed by atoms with Crippen LogP contribution < -0.4 is 5.46 Å². The highest BCUT2D eigenvalue weighted by molar-refractivity contribution is 6.32. The Balaban J connectivity index is 3.23. The van der Waals surface area contributed by atoms with Crippen LogP contribution in [0, 0.1) is 6.92 Å². The third-order valence-electron chi connectivity index (χ3n) is 1.70. The Morgan fingerprint density at radius 2 is 1.83 bits per heavy atom. The molecule has 0 bridgehead atoms. The molecule has 0 radical (unpaired) electrons. The van der Waals surface area contributed by atoms with Gasteiger partial charge in [0.25, 0.3) is 0 Å². The summed E-state index contributed by atoms with van der Waals surface area (Å²) in [6, 6.07) is 4.32. The Morgan fingerprint density at radius 3 is 2.25 bits per heavy atom. The van der Waals surface area contributed by atoms with Gasteiger partial charge < -0.3 is 0 Å². The molecule has 64 valence electrons. The van der Waals surface area contributed by atoms with Gasteiger partial charge in [0.15, 0.2) is 0 Å². The molecule has 0 aromatic heterocycles. The maximum absolute atomic E-state index is 12.2. The number of benzene rings is 1. The van der Waals surface area contributed by atoms with E-state index in [0.29, 0.717) is 5.46 Å². The minimum Gasteiger partial charge on any atom is -0.166 e. The summed E-state index contributed by atoms with van der Waals surface area (Å²) in [4.78, 5) is 0. The normalized spacial score (nSPS) is 11.7. The lowest BCUT2D eigenvalue weighted by Gasteiger charge is -2.10. The minimum atomic E-state index is -4.23. The van der Waals surface area contributed by atoms with Crippen LogP contribution in [0.4, 0.5) is 13.2 Å². The Morgan fingerprint density at radius 1 is 1.25 bits per heavy atom. The molecule has 0 aliphatic rings. The first-order valence-electron chi connectivity index (χ1n) is 3.55. The fourth-order valence-electron chi connectivity index (χ4n) is 1.04. The first-order valence-corrected chi connectivity index (χ1v) is 3.55. The lowest BCUT2D eigenvalue weighted by Crippen LogP contribution is -2.12. The van der Waals surface area contributed by atoms with E-state index in [4.69, 9.17) is 0 Å². The smallest absolute Gasteiger partial charge is 0.166 e. The zero-order chi connectivity index (χ0) is 9.35. The summed E-state index contributed by atoms with van der Waals surface area (Å²) in [5.41, 5.74) is 0.364. The summed E-state index contributed by atoms with van der Waals surface area (Å²) in [7, 11) is 1.65. The summed E-state index contributed by atoms with van der Waals surface area (Å²) in [5, 5.41) is 0. The molecule has 0 fully saturated rings. The molecule has 1 rings (SSSR count). The van der Waals surface area contributed by atoms with Gasteiger partial charge in [-0.1, -0.05) is 23.7 Å². The molecule has 0 saturated carbocycles. The van der Waals surface area contributed by atoms with E-state index in [1.807, 2.05) is 0 Å². The van der Waals surface area contributed by atoms with Gasteiger partial charge in [-0.15, -0.1) is 0 Å². The topological polar surface area (TPSA) is 0 Å². The Kier molecular flexibility index (Phi) is 2.17. The molecule has 0 nitrogen and oxygen atoms in total. The van der Waals surface area contributed by atoms with Crippen LogP contribution in [0.15, 0.2) is 18.2 Å². The van der Waals surface area contributed by atoms with Crippen molar-refractivity contribution in [3.8, 4) is 0 Å². The zero-order valence-electron chi connectivity index (χ0n) is 6.87. The largest absolute Gasteiger partial charge is 0.416 e. The molecule has 0 amide bonds. The highest BCUT2D eigenvalue weighted by Crippen LogP contribution is 2.30. The molecule has 12 heavy (non-hydrogen) atoms. The minimum absolute atomic E-state index is 0.271. The van der Waals surface area contributed by atoms with Gasteiger partial charge in [0.05, 0.1) is 5.56 Å². The van der Waals surface area contributed by atoms with E-state index in [1.54, 1.807) is 13.9 Å². The monoisotopic (exact) mass is 172 g/mol. The predicted octanol–water partition coefficient (Wildman–Crippen LogP) is 1.27. The molecular weight excluding hydrogens is 164 g/mol. The standard InChI is InChI=1S/C8H8BF3/c1-5-2-3-6(9)4-7(5)8(10,11)12/h2-4H,9H2,1H3. The second-order valence-corrected chi connectivity index (χ2v) is 2.82. The fraction of sp³-hybridized carbons (Fsp3) is 0.250. The van der Waals surface area contributed by atoms with E-state index in [2.05, 4.69) is 0 Å². The van der Waals surface area contributed by atoms with Gasteiger partial charge in [0.2, 0.25) is 0 Å². The molecule has 0 atom stereocenters. The second kappa shape index (κ2) is 2.85. The number of halogens is 3. The van der Waals surface area contributed by atoms with Crippen LogP contribution in [0.25, 0.3) is 0 Å². The van der Waals surface area contributed by atoms with Crippen LogP contribution in [0.2, 0.25) is 0 Å². The second-order valence-electron chi connectivity index (χ2n) is 2.82. The maximum Gasteiger partial charge on any atom is 0.416 e. The van der Waals surface area contributed by atoms with Crippen molar-refractivity contribution in [2.45, 2.75) is 13.1 Å². The SMILES string of the molecule is Bc1ccc(C)c(C(F)(F)F)c1. The van der Waals surface area contributed by atoms with Gasteiger partial charge in [0, 0.05) is 0 Å². The van der Waals surface area contributed by atoms with Gasteiger partial charge in [0.1, 0.15) is 7.85 Å². The summed E-state index contributed by atoms with van der Waals surface area (Å²) < 4.78 is 36.7. The molecule has 0 aliphatic carbocycles. The third-order valence-corrected chi connectivity index (χ3v) is 1.70. The molecule has 0 spiro atoms. The van der Waals surface area contributed by atoms with E-state index < -0.39 is 11.7 Å². The van der Waals surface area contributed by atoms with E-state index >= 15 is 0 Å². The van der Waals surface area contributed by atoms with Gasteiger partial charge in [-0.05, 0) is 12.5 Å². The molecule has 1 aromatic carbocycles. The first kappa shape index (κ1) is 9.17. The van der Waals surface area contributed by atoms with Gasteiger partial charge in [-0.25, -0.2) is 0 Å². The average molecular weight is 172 g/mol. The summed E-state index contributed by atoms with van der Waals surface area (Å²) in [6.07, 6.45) is -4.23. The van der Waals surface area contributed by atoms with Crippen molar-refractivity contribution in [2.75, 3.05) is 0 Å². The summed E-state index contributed by atoms with van der Waals surface area (Å²) in [5.74, 6) is 0. The van der Waals surface area contributed by atoms with Crippen molar-refractivity contribution < 1.29 is 13.2 Å². The van der Waals surface area contributed by atoms with Crippen molar-refractivity contribution in [1.29, 1.82) is 0 Å². The fourth-order valence-corrected chi connectivity index (χ4v) is 1.04. The van der Waals surface area contributed by atoms with E-state index in [9.17, 15) is 13.2 Å². The van der Waals surface area contributed by atoms with Crippen molar-refractivity contribution in [3.05, 3.63) is 29.3 Å². The van der Waals surface area contributed by atoms with E-state index in [1.165, 1.54) is 13.0 Å². The number of hydrogen-bond acceptors (Lipinski definition) is 0. The molecule has 1 aromatic rings. The van der Waals surface area contributed by atoms with Crippen LogP contribution in [-0.4, -0.2) is 7.85 Å². The lowest BCUT2D eigenvalue weighted by molar-refractivity contribution is -0.138. The van der Waals surface area contributed by atoms with Crippen molar-refractivity contribution in [1.82, 2.24) is 0 Å². The van der Waals surface area contributed by atoms with Gasteiger partial charge in [-0.3, -0.25) is 0 Å². The Labute approximate surface area is 69.8 Å². The van der Waals surface area contributed by atoms with Crippen LogP contribution in [0.1, 0.15) is 11.1 Å². The lowest BCUT2D eigenvalue weighted by atomic mass is 9.92. The Hall–Kier alpha value is -0.925. The average Bonchev–Trinajstić information content (AvgIpc) is 1.92. The quantitative estimate of drug-likeness (QED) is 0.517. The summed E-state index contributed by atoms with van der Waals surface area (Å²) >= 11 is 0. The van der Waals surface area contributed by atoms with E-state index in [0.717, 1.165) is 6.07 Å². The molecular formula is C8H8BF3. The van der Waals surface area contributed by atoms with Crippen molar-refractivity contribution in [2.24, 2.45) is 0 Å². The van der Waals surface area contributed by atoms with Crippen molar-refractivity contribution in [3.63, 3.8) is 0 Å². The van der Waals surface area contributed by atoms with Gasteiger partial charge >= 0.3 is 6.18 Å². The molecule has 0 N–H and O–H groups in total. The number of aryl methyl sites for hydroxylation is 1. The molecule has 0 saturated heterocycles. The van der Waals surface area contributed by atoms with Crippen LogP contribution >= 0.6 is 0 Å². The number of hydrogen-bond donors (Lipinski definition) is 0. The molecule has 0 unspecified atom stereocenters. The first-order chi connectivity index (χ1) is 5.41. The molecule has 0 heterocycles. The zero-order valence-corrected chi connectivity index (χ0v) is 6.87. The number of rotatable bonds is 0. The molecule has 4 heteroatoms. The highest BCUT2D eigenvalue weighted by atomic mass is 19.4. The Bertz CT molecular complexity index is 291. The maximum atomic E-state index is 12.2. The van der Waals surface area contributed by atoms with Crippen molar-refractivity contribution >= 4 is 13.3 Å². The van der Waals surface area contributed by atoms with Crippen LogP contribution in [0.5, 0.6) is 0 Å². The number of alkyl halides is 3. The summed E-state index contributed by atoms with van der Waals surface area (Å²) in [6.45, 7) is 1.46. The van der Waals surface area contributed by atoms with E-state index in [-0.39, 0.29) is 5.56 Å². The van der Waals surface area contributed by atoms with Crippen LogP contribution in [0.3, 0.4) is 0 Å². The third kappa shape index (κ3) is 1.81. The highest BCUT2D eigenvalue weighted by Gasteiger charge is 2.31. The van der Waals surface area contributed by atoms with Crippen LogP contribution in [-0.2, 0) is 6.18 Å². The van der Waals surface area contributed by atoms with Gasteiger partial charge in [-0.2, -0.15) is 13.2 Å². The predicted molar refractivity (Wildman–Crippen MR) is 44.4 cm³/mol. The molecule has 0 aliphatic heterocycles.